The number of benzene rings is 1. The van der Waals surface area contributed by atoms with Crippen LogP contribution < -0.4 is 10.6 Å². The molecule has 1 fully saturated rings. The van der Waals surface area contributed by atoms with Gasteiger partial charge in [0.15, 0.2) is 0 Å². The van der Waals surface area contributed by atoms with E-state index in [1.54, 1.807) is 12.1 Å². The zero-order chi connectivity index (χ0) is 22.2. The number of carboxylic acids is 1. The van der Waals surface area contributed by atoms with Gasteiger partial charge in [-0.15, -0.1) is 5.26 Å². The Balaban J connectivity index is 1.64. The molecular formula is C21H23N8O2+. The van der Waals surface area contributed by atoms with Crippen LogP contribution >= 0.6 is 0 Å². The van der Waals surface area contributed by atoms with Gasteiger partial charge in [0.05, 0.1) is 29.7 Å². The summed E-state index contributed by atoms with van der Waals surface area (Å²) in [7, 11) is 0. The van der Waals surface area contributed by atoms with Crippen LogP contribution in [0.2, 0.25) is 0 Å². The zero-order valence-corrected chi connectivity index (χ0v) is 17.3. The summed E-state index contributed by atoms with van der Waals surface area (Å²) in [6.45, 7) is 5.48. The number of carboxylic acid groups (broad SMARTS) is 1. The van der Waals surface area contributed by atoms with E-state index in [9.17, 15) is 15.2 Å². The van der Waals surface area contributed by atoms with Crippen molar-refractivity contribution in [2.75, 3.05) is 24.5 Å². The summed E-state index contributed by atoms with van der Waals surface area (Å²) in [5.74, 6) is -0.0724. The maximum absolute atomic E-state index is 11.2. The molecule has 0 radical (unpaired) electrons. The Kier molecular flexibility index (Phi) is 5.04. The Morgan fingerprint density at radius 1 is 1.45 bits per heavy atom. The van der Waals surface area contributed by atoms with E-state index >= 15 is 0 Å². The molecule has 0 amide bonds. The first-order valence-corrected chi connectivity index (χ1v) is 9.86. The van der Waals surface area contributed by atoms with Crippen LogP contribution in [0, 0.1) is 18.4 Å². The number of anilines is 1. The van der Waals surface area contributed by atoms with Crippen molar-refractivity contribution < 1.29 is 14.4 Å². The van der Waals surface area contributed by atoms with Crippen molar-refractivity contribution in [1.29, 1.82) is 5.26 Å². The van der Waals surface area contributed by atoms with E-state index in [0.717, 1.165) is 22.4 Å². The maximum Gasteiger partial charge on any atom is 0.335 e. The van der Waals surface area contributed by atoms with Crippen LogP contribution in [0.25, 0.3) is 11.0 Å². The van der Waals surface area contributed by atoms with Crippen LogP contribution in [0.15, 0.2) is 41.8 Å². The second-order valence-corrected chi connectivity index (χ2v) is 7.71. The third-order valence-electron chi connectivity index (χ3n) is 5.83. The van der Waals surface area contributed by atoms with Crippen molar-refractivity contribution in [1.82, 2.24) is 15.0 Å². The number of nitrogens with zero attached hydrogens (tertiary/aromatic N) is 6. The lowest BCUT2D eigenvalue weighted by atomic mass is 10.1. The van der Waals surface area contributed by atoms with Crippen molar-refractivity contribution in [2.24, 2.45) is 10.7 Å². The molecular weight excluding hydrogens is 396 g/mol. The molecule has 3 heterocycles. The molecule has 2 atom stereocenters. The molecule has 1 aliphatic heterocycles. The number of fused-ring (bicyclic) bond motifs is 1. The van der Waals surface area contributed by atoms with Gasteiger partial charge in [0.1, 0.15) is 30.4 Å². The number of piperazine rings is 1. The minimum Gasteiger partial charge on any atom is -0.478 e. The fraction of sp³-hybridized carbons (Fsp3) is 0.286. The quantitative estimate of drug-likeness (QED) is 0.255. The minimum absolute atomic E-state index is 0.116. The van der Waals surface area contributed by atoms with E-state index < -0.39 is 5.97 Å². The van der Waals surface area contributed by atoms with E-state index in [4.69, 9.17) is 5.73 Å². The molecule has 0 saturated carbocycles. The number of aliphatic imine (C=N–C) groups is 1. The number of rotatable bonds is 3. The molecule has 2 unspecified atom stereocenters. The number of carbonyl (C=O) groups is 1. The lowest BCUT2D eigenvalue weighted by Crippen LogP contribution is -2.67. The molecule has 0 aliphatic carbocycles. The van der Waals surface area contributed by atoms with Gasteiger partial charge in [0.25, 0.3) is 0 Å². The summed E-state index contributed by atoms with van der Waals surface area (Å²) < 4.78 is -0.145. The summed E-state index contributed by atoms with van der Waals surface area (Å²) in [6.07, 6.45) is 5.78. The first-order chi connectivity index (χ1) is 14.9. The predicted octanol–water partition coefficient (Wildman–Crippen LogP) is 2.12. The van der Waals surface area contributed by atoms with Crippen LogP contribution in [0.1, 0.15) is 22.8 Å². The molecule has 1 aliphatic rings. The number of aromatic carboxylic acids is 1. The summed E-state index contributed by atoms with van der Waals surface area (Å²) >= 11 is 0. The number of H-pyrrole nitrogens is 1. The first kappa shape index (κ1) is 20.3. The van der Waals surface area contributed by atoms with E-state index in [0.29, 0.717) is 25.3 Å². The Morgan fingerprint density at radius 2 is 2.26 bits per heavy atom. The summed E-state index contributed by atoms with van der Waals surface area (Å²) in [4.78, 5) is 29.7. The van der Waals surface area contributed by atoms with E-state index in [1.165, 1.54) is 18.5 Å². The number of nitrogens with one attached hydrogen (secondary N) is 1. The van der Waals surface area contributed by atoms with Crippen molar-refractivity contribution in [2.45, 2.75) is 19.9 Å². The lowest BCUT2D eigenvalue weighted by molar-refractivity contribution is -0.802. The van der Waals surface area contributed by atoms with Gasteiger partial charge in [-0.1, -0.05) is 6.07 Å². The molecule has 0 bridgehead atoms. The number of aromatic amines is 1. The van der Waals surface area contributed by atoms with Crippen molar-refractivity contribution >= 4 is 34.5 Å². The Labute approximate surface area is 178 Å². The number of aromatic nitrogens is 3. The van der Waals surface area contributed by atoms with Crippen LogP contribution in [0.4, 0.5) is 11.5 Å². The average Bonchev–Trinajstić information content (AvgIpc) is 3.15. The number of aryl methyl sites for hydroxylation is 1. The van der Waals surface area contributed by atoms with Crippen molar-refractivity contribution in [3.63, 3.8) is 0 Å². The van der Waals surface area contributed by atoms with Crippen LogP contribution in [-0.2, 0) is 0 Å². The highest BCUT2D eigenvalue weighted by Gasteiger charge is 2.45. The molecule has 0 spiro atoms. The third-order valence-corrected chi connectivity index (χ3v) is 5.83. The molecule has 3 aromatic rings. The molecule has 1 saturated heterocycles. The van der Waals surface area contributed by atoms with Crippen molar-refractivity contribution in [3.05, 3.63) is 47.9 Å². The van der Waals surface area contributed by atoms with Gasteiger partial charge in [-0.25, -0.2) is 14.8 Å². The number of nitrogens with two attached hydrogens (primary N) is 1. The molecule has 2 aromatic heterocycles. The SMILES string of the molecule is Cc1c[nH]c2ncnc(N3CC[N+](C#N)(C(N)=Nc4cccc(C(=O)O)c4)C(C)C3)c12. The predicted molar refractivity (Wildman–Crippen MR) is 116 cm³/mol. The zero-order valence-electron chi connectivity index (χ0n) is 17.3. The average molecular weight is 419 g/mol. The van der Waals surface area contributed by atoms with Gasteiger partial charge < -0.3 is 20.7 Å². The standard InChI is InChI=1S/C21H22N8O2/c1-13-9-24-18-17(13)19(26-12-25-18)28-6-7-29(11-22,14(2)10-28)21(23)27-16-5-3-4-15(8-16)20(30)31/h3-5,8-9,12,14H,6-7,10H2,1-2H3,(H3-,23,24,25,26,27,30,31)/p+1. The summed E-state index contributed by atoms with van der Waals surface area (Å²) in [5.41, 5.74) is 8.69. The van der Waals surface area contributed by atoms with Crippen LogP contribution in [-0.4, -0.2) is 62.1 Å². The molecule has 4 N–H and O–H groups in total. The molecule has 10 heteroatoms. The number of quaternary nitrogens is 1. The summed E-state index contributed by atoms with van der Waals surface area (Å²) in [5, 5.41) is 20.2. The highest BCUT2D eigenvalue weighted by molar-refractivity contribution is 5.91. The lowest BCUT2D eigenvalue weighted by Gasteiger charge is -2.42. The van der Waals surface area contributed by atoms with Gasteiger partial charge in [0.2, 0.25) is 0 Å². The van der Waals surface area contributed by atoms with Gasteiger partial charge >= 0.3 is 18.1 Å². The molecule has 158 valence electrons. The molecule has 4 rings (SSSR count). The first-order valence-electron chi connectivity index (χ1n) is 9.86. The second kappa shape index (κ2) is 7.70. The monoisotopic (exact) mass is 419 g/mol. The largest absolute Gasteiger partial charge is 0.478 e. The van der Waals surface area contributed by atoms with E-state index in [2.05, 4.69) is 31.0 Å². The van der Waals surface area contributed by atoms with Crippen molar-refractivity contribution in [3.8, 4) is 6.19 Å². The number of guanidine groups is 1. The normalized spacial score (nSPS) is 21.8. The number of nitriles is 1. The fourth-order valence-electron chi connectivity index (χ4n) is 4.05. The number of hydrogen-bond acceptors (Lipinski definition) is 6. The molecule has 31 heavy (non-hydrogen) atoms. The fourth-order valence-corrected chi connectivity index (χ4v) is 4.05. The smallest absolute Gasteiger partial charge is 0.335 e. The summed E-state index contributed by atoms with van der Waals surface area (Å²) in [6, 6.07) is 6.01. The Bertz CT molecular complexity index is 1230. The highest BCUT2D eigenvalue weighted by Crippen LogP contribution is 2.30. The number of hydrogen-bond donors (Lipinski definition) is 3. The third kappa shape index (κ3) is 3.45. The second-order valence-electron chi connectivity index (χ2n) is 7.71. The molecule has 10 nitrogen and oxygen atoms in total. The minimum atomic E-state index is -1.04. The topological polar surface area (TPSA) is 144 Å². The maximum atomic E-state index is 11.2. The Morgan fingerprint density at radius 3 is 2.97 bits per heavy atom. The van der Waals surface area contributed by atoms with Gasteiger partial charge in [-0.3, -0.25) is 0 Å². The van der Waals surface area contributed by atoms with E-state index in [-0.39, 0.29) is 22.0 Å². The van der Waals surface area contributed by atoms with Crippen LogP contribution in [0.5, 0.6) is 0 Å². The van der Waals surface area contributed by atoms with Crippen LogP contribution in [0.3, 0.4) is 0 Å². The van der Waals surface area contributed by atoms with Gasteiger partial charge in [0, 0.05) is 6.20 Å². The highest BCUT2D eigenvalue weighted by atomic mass is 16.4. The molecule has 1 aromatic carbocycles. The van der Waals surface area contributed by atoms with Gasteiger partial charge in [-0.05, 0) is 37.6 Å². The Hall–Kier alpha value is -3.97. The van der Waals surface area contributed by atoms with Gasteiger partial charge in [-0.2, -0.15) is 9.48 Å². The van der Waals surface area contributed by atoms with E-state index in [1.807, 2.05) is 20.0 Å².